The van der Waals surface area contributed by atoms with Gasteiger partial charge in [0.05, 0.1) is 193 Å². The zero-order valence-corrected chi connectivity index (χ0v) is 60.9. The molecular weight excluding hydrogens is 1530 g/mol. The summed E-state index contributed by atoms with van der Waals surface area (Å²) in [6.45, 7) is 6.63. The van der Waals surface area contributed by atoms with Gasteiger partial charge in [0.2, 0.25) is 0 Å². The van der Waals surface area contributed by atoms with Crippen molar-refractivity contribution in [1.29, 1.82) is 0 Å². The lowest BCUT2D eigenvalue weighted by Crippen LogP contribution is -2.40. The quantitative estimate of drug-likeness (QED) is 0.00733. The molecule has 0 heterocycles. The zero-order chi connectivity index (χ0) is 83.9. The first-order valence-corrected chi connectivity index (χ1v) is 33.8. The highest BCUT2D eigenvalue weighted by Crippen LogP contribution is 2.42. The summed E-state index contributed by atoms with van der Waals surface area (Å²) in [4.78, 5) is 144. The number of benzene rings is 4. The molecule has 4 aromatic carbocycles. The first-order chi connectivity index (χ1) is 53.6. The lowest BCUT2D eigenvalue weighted by molar-refractivity contribution is -0.402. The van der Waals surface area contributed by atoms with Gasteiger partial charge in [-0.25, -0.2) is 9.59 Å². The standard InChI is InChI=1S/C61H81N19O33/c1-6-62-48-27-44(70(83)84)28-49(74(91)92)56(48)63-10-7-43(8-11-64-57-50(75(93)94)29-45(71(85)86)30-51(57)76(95)96)9-12-67-60(81)109-25-22-105-19-20-107-35-39(2)111-37-41(4)113-38-42(5)112-36-40(3)108-24-21-106-23-26-110-61(82)68-15-18-69(16-13-65-58-52(77(97)98)31-46(72(87)88)32-53(58)78(99)100)17-14-66-59-54(79(101)102)33-47(73(89)90)34-55(59)80(103)104/h1,27-34,39-43,62-66H,7-26,35-38H2,2-5H3,(H,67,81)(H,68,82). The number of nitrogens with zero attached hydrogens (tertiary/aromatic N) is 12. The molecule has 0 fully saturated rings. The Labute approximate surface area is 637 Å². The van der Waals surface area contributed by atoms with Crippen molar-refractivity contribution in [2.45, 2.75) is 71.4 Å². The second-order valence-corrected chi connectivity index (χ2v) is 23.9. The number of nitro groups is 11. The largest absolute Gasteiger partial charge is 0.447 e. The first kappa shape index (κ1) is 92.4. The van der Waals surface area contributed by atoms with E-state index in [0.717, 1.165) is 12.1 Å². The van der Waals surface area contributed by atoms with E-state index in [0.29, 0.717) is 36.4 Å². The number of rotatable bonds is 58. The fraction of sp³-hybridized carbons (Fsp3) is 0.541. The van der Waals surface area contributed by atoms with Crippen molar-refractivity contribution < 1.29 is 106 Å². The molecule has 0 aliphatic heterocycles. The highest BCUT2D eigenvalue weighted by atomic mass is 16.7. The van der Waals surface area contributed by atoms with Gasteiger partial charge in [-0.1, -0.05) is 6.42 Å². The molecule has 4 rings (SSSR count). The average molecular weight is 1610 g/mol. The summed E-state index contributed by atoms with van der Waals surface area (Å²) in [6, 6.07) is 6.96. The van der Waals surface area contributed by atoms with Crippen LogP contribution in [-0.2, 0) is 42.6 Å². The highest BCUT2D eigenvalue weighted by Gasteiger charge is 2.35. The summed E-state index contributed by atoms with van der Waals surface area (Å²) >= 11 is 0. The van der Waals surface area contributed by atoms with Gasteiger partial charge in [0.15, 0.2) is 17.1 Å². The van der Waals surface area contributed by atoms with Gasteiger partial charge < -0.3 is 79.8 Å². The SMILES string of the molecule is C#CNc1cc([N+](=O)[O-])cc([N+](=O)[O-])c1NCCC(CCNC(=O)OCCOCCOCC(C)OCC(C)OCC(C)OCC(C)OCCOCCOC(=O)NCCN(CCNc1c([N+](=O)[O-])cc([N+](=O)[O-])cc1[N+](=O)[O-])CCNc1c([N+](=O)[O-])cc([N+](=O)[O-])cc1[N+](=O)[O-])CCNc1c([N+](=O)[O-])cc([N+](=O)[O-])cc1[N+](=O)[O-]. The monoisotopic (exact) mass is 1610 g/mol. The minimum Gasteiger partial charge on any atom is -0.447 e. The Morgan fingerprint density at radius 2 is 0.655 bits per heavy atom. The minimum absolute atomic E-state index is 0.0122. The average Bonchev–Trinajstić information content (AvgIpc) is 0.822. The Balaban J connectivity index is 1.10. The van der Waals surface area contributed by atoms with Gasteiger partial charge in [0.25, 0.3) is 22.7 Å². The fourth-order valence-electron chi connectivity index (χ4n) is 10.1. The molecule has 0 radical (unpaired) electrons. The van der Waals surface area contributed by atoms with Crippen molar-refractivity contribution in [3.8, 4) is 12.5 Å². The third kappa shape index (κ3) is 32.3. The number of nitrogens with one attached hydrogen (secondary N) is 7. The molecule has 52 heteroatoms. The second kappa shape index (κ2) is 47.9. The Bertz CT molecular complexity index is 3860. The topological polar surface area (TPSA) is 679 Å². The van der Waals surface area contributed by atoms with Crippen LogP contribution in [0.1, 0.15) is 47.0 Å². The van der Waals surface area contributed by atoms with E-state index < -0.39 is 152 Å². The lowest BCUT2D eigenvalue weighted by Gasteiger charge is -2.23. The number of amides is 2. The summed E-state index contributed by atoms with van der Waals surface area (Å²) < 4.78 is 50.2. The Morgan fingerprint density at radius 3 is 1.03 bits per heavy atom. The van der Waals surface area contributed by atoms with Gasteiger partial charge in [-0.15, -0.1) is 0 Å². The van der Waals surface area contributed by atoms with Gasteiger partial charge in [-0.3, -0.25) is 116 Å². The predicted molar refractivity (Wildman–Crippen MR) is 392 cm³/mol. The molecule has 0 bridgehead atoms. The van der Waals surface area contributed by atoms with Crippen molar-refractivity contribution in [1.82, 2.24) is 15.5 Å². The van der Waals surface area contributed by atoms with Gasteiger partial charge in [-0.05, 0) is 52.9 Å². The van der Waals surface area contributed by atoms with Crippen LogP contribution in [0.2, 0.25) is 0 Å². The number of hydrogen-bond acceptors (Lipinski definition) is 39. The molecule has 0 spiro atoms. The van der Waals surface area contributed by atoms with Gasteiger partial charge in [0.1, 0.15) is 18.9 Å². The van der Waals surface area contributed by atoms with E-state index in [4.69, 9.17) is 49.1 Å². The molecule has 0 saturated heterocycles. The molecule has 5 atom stereocenters. The molecule has 4 aromatic rings. The van der Waals surface area contributed by atoms with Crippen LogP contribution < -0.4 is 37.2 Å². The van der Waals surface area contributed by atoms with Crippen LogP contribution in [0.25, 0.3) is 0 Å². The molecule has 618 valence electrons. The van der Waals surface area contributed by atoms with Crippen molar-refractivity contribution in [3.63, 3.8) is 0 Å². The number of anilines is 5. The third-order valence-corrected chi connectivity index (χ3v) is 15.6. The van der Waals surface area contributed by atoms with Crippen molar-refractivity contribution in [2.24, 2.45) is 5.92 Å². The number of ether oxygens (including phenoxy) is 9. The van der Waals surface area contributed by atoms with E-state index in [1.165, 1.54) is 4.90 Å². The number of alkyl carbamates (subject to hydrolysis) is 2. The number of carbonyl (C=O) groups excluding carboxylic acids is 2. The summed E-state index contributed by atoms with van der Waals surface area (Å²) in [5, 5.41) is 146. The van der Waals surface area contributed by atoms with E-state index >= 15 is 0 Å². The van der Waals surface area contributed by atoms with Crippen LogP contribution in [0.5, 0.6) is 0 Å². The maximum atomic E-state index is 12.6. The normalized spacial score (nSPS) is 12.3. The van der Waals surface area contributed by atoms with Crippen LogP contribution in [-0.4, -0.2) is 234 Å². The molecule has 113 heavy (non-hydrogen) atoms. The molecule has 2 amide bonds. The Morgan fingerprint density at radius 1 is 0.363 bits per heavy atom. The number of nitro benzene ring substituents is 11. The van der Waals surface area contributed by atoms with Gasteiger partial charge in [0, 0.05) is 71.0 Å². The first-order valence-electron chi connectivity index (χ1n) is 33.8. The van der Waals surface area contributed by atoms with Crippen LogP contribution in [0, 0.1) is 130 Å². The Hall–Kier alpha value is -12.9. The smallest absolute Gasteiger partial charge is 0.407 e. The highest BCUT2D eigenvalue weighted by molar-refractivity contribution is 5.83. The van der Waals surface area contributed by atoms with Crippen LogP contribution in [0.3, 0.4) is 0 Å². The number of non-ortho nitro benzene ring substituents is 4. The van der Waals surface area contributed by atoms with Crippen LogP contribution >= 0.6 is 0 Å². The molecule has 0 aliphatic carbocycles. The van der Waals surface area contributed by atoms with Gasteiger partial charge >= 0.3 is 52.0 Å². The van der Waals surface area contributed by atoms with E-state index in [1.54, 1.807) is 20.8 Å². The summed E-state index contributed by atoms with van der Waals surface area (Å²) in [5.74, 6) is -0.461. The summed E-state index contributed by atoms with van der Waals surface area (Å²) in [5.41, 5.74) is -12.2. The summed E-state index contributed by atoms with van der Waals surface area (Å²) in [7, 11) is 0. The minimum atomic E-state index is -1.07. The van der Waals surface area contributed by atoms with Crippen LogP contribution in [0.15, 0.2) is 48.5 Å². The van der Waals surface area contributed by atoms with Crippen molar-refractivity contribution in [3.05, 3.63) is 160 Å². The predicted octanol–water partition coefficient (Wildman–Crippen LogP) is 7.64. The fourth-order valence-corrected chi connectivity index (χ4v) is 10.1. The number of hydrogen-bond donors (Lipinski definition) is 7. The summed E-state index contributed by atoms with van der Waals surface area (Å²) in [6.07, 6.45) is 2.63. The molecule has 7 N–H and O–H groups in total. The lowest BCUT2D eigenvalue weighted by atomic mass is 9.97. The Kier molecular flexibility index (Phi) is 39.2. The molecule has 52 nitrogen and oxygen atoms in total. The number of terminal acetylenes is 1. The number of carbonyl (C=O) groups is 2. The molecule has 0 saturated carbocycles. The van der Waals surface area contributed by atoms with E-state index in [9.17, 15) is 121 Å². The van der Waals surface area contributed by atoms with Gasteiger partial charge in [-0.2, -0.15) is 0 Å². The van der Waals surface area contributed by atoms with E-state index in [2.05, 4.69) is 43.3 Å². The maximum absolute atomic E-state index is 12.6. The second-order valence-electron chi connectivity index (χ2n) is 23.9. The zero-order valence-electron chi connectivity index (χ0n) is 60.9. The van der Waals surface area contributed by atoms with E-state index in [1.807, 2.05) is 6.92 Å². The van der Waals surface area contributed by atoms with Crippen LogP contribution in [0.4, 0.5) is 101 Å². The molecular formula is C61H81N19O33. The third-order valence-electron chi connectivity index (χ3n) is 15.6. The molecule has 0 aliphatic rings. The molecule has 0 aromatic heterocycles. The van der Waals surface area contributed by atoms with Crippen molar-refractivity contribution >= 4 is 103 Å². The van der Waals surface area contributed by atoms with E-state index in [-0.39, 0.29) is 193 Å². The molecule has 5 unspecified atom stereocenters. The maximum Gasteiger partial charge on any atom is 0.407 e. The van der Waals surface area contributed by atoms with Crippen molar-refractivity contribution in [2.75, 3.05) is 165 Å².